The van der Waals surface area contributed by atoms with E-state index >= 15 is 0 Å². The van der Waals surface area contributed by atoms with Crippen LogP contribution in [0.5, 0.6) is 5.75 Å². The number of nitrogens with one attached hydrogen (secondary N) is 1. The van der Waals surface area contributed by atoms with Crippen LogP contribution < -0.4 is 10.1 Å². The Balaban J connectivity index is 1.97. The largest absolute Gasteiger partial charge is 0.489 e. The summed E-state index contributed by atoms with van der Waals surface area (Å²) in [6, 6.07) is 10.9. The Kier molecular flexibility index (Phi) is 5.99. The summed E-state index contributed by atoms with van der Waals surface area (Å²) in [7, 11) is 3.91. The van der Waals surface area contributed by atoms with Gasteiger partial charge in [0.15, 0.2) is 5.76 Å². The van der Waals surface area contributed by atoms with E-state index in [0.29, 0.717) is 23.4 Å². The van der Waals surface area contributed by atoms with E-state index in [1.54, 1.807) is 30.3 Å². The second-order valence-electron chi connectivity index (χ2n) is 5.73. The number of amides is 1. The summed E-state index contributed by atoms with van der Waals surface area (Å²) in [6.45, 7) is 2.74. The van der Waals surface area contributed by atoms with Crippen LogP contribution in [-0.2, 0) is 6.61 Å². The van der Waals surface area contributed by atoms with Crippen molar-refractivity contribution in [3.63, 3.8) is 0 Å². The first-order chi connectivity index (χ1) is 11.5. The molecule has 0 aliphatic carbocycles. The van der Waals surface area contributed by atoms with Crippen LogP contribution in [0.4, 0.5) is 0 Å². The van der Waals surface area contributed by atoms with Gasteiger partial charge in [0.05, 0.1) is 17.9 Å². The molecule has 2 aromatic rings. The van der Waals surface area contributed by atoms with Crippen LogP contribution in [0.15, 0.2) is 41.0 Å². The highest BCUT2D eigenvalue weighted by molar-refractivity contribution is 5.92. The highest BCUT2D eigenvalue weighted by Gasteiger charge is 2.17. The van der Waals surface area contributed by atoms with Gasteiger partial charge in [0.1, 0.15) is 12.4 Å². The second-order valence-corrected chi connectivity index (χ2v) is 5.73. The lowest BCUT2D eigenvalue weighted by Crippen LogP contribution is -2.38. The third kappa shape index (κ3) is 4.61. The summed E-state index contributed by atoms with van der Waals surface area (Å²) in [6.07, 6.45) is 1.47. The van der Waals surface area contributed by atoms with Gasteiger partial charge in [-0.25, -0.2) is 0 Å². The lowest BCUT2D eigenvalue weighted by molar-refractivity contribution is 0.0912. The van der Waals surface area contributed by atoms with E-state index in [1.807, 2.05) is 25.9 Å². The van der Waals surface area contributed by atoms with Gasteiger partial charge in [0.25, 0.3) is 5.91 Å². The van der Waals surface area contributed by atoms with Crippen LogP contribution in [0.25, 0.3) is 0 Å². The molecular weight excluding hydrogens is 306 g/mol. The van der Waals surface area contributed by atoms with E-state index < -0.39 is 0 Å². The van der Waals surface area contributed by atoms with Crippen LogP contribution in [0.1, 0.15) is 28.6 Å². The summed E-state index contributed by atoms with van der Waals surface area (Å²) in [4.78, 5) is 14.3. The molecular formula is C18H21N3O3. The number of carbonyl (C=O) groups excluding carboxylic acids is 1. The van der Waals surface area contributed by atoms with Gasteiger partial charge in [-0.05, 0) is 45.3 Å². The maximum absolute atomic E-state index is 12.2. The van der Waals surface area contributed by atoms with E-state index in [1.165, 1.54) is 6.26 Å². The van der Waals surface area contributed by atoms with Crippen molar-refractivity contribution in [1.29, 1.82) is 5.26 Å². The topological polar surface area (TPSA) is 78.5 Å². The van der Waals surface area contributed by atoms with Crippen molar-refractivity contribution >= 4 is 5.91 Å². The Morgan fingerprint density at radius 2 is 2.21 bits per heavy atom. The Morgan fingerprint density at radius 1 is 1.42 bits per heavy atom. The van der Waals surface area contributed by atoms with Crippen molar-refractivity contribution in [3.05, 3.63) is 53.5 Å². The molecule has 0 radical (unpaired) electrons. The zero-order chi connectivity index (χ0) is 17.5. The molecule has 1 N–H and O–H groups in total. The van der Waals surface area contributed by atoms with Crippen LogP contribution >= 0.6 is 0 Å². The number of benzene rings is 1. The quantitative estimate of drug-likeness (QED) is 0.845. The standard InChI is InChI=1S/C18H21N3O3/c1-13(21(2)3)11-20-18(22)17-15(7-8-23-17)12-24-16-6-4-5-14(9-16)10-19/h4-9,13H,11-12H2,1-3H3,(H,20,22). The van der Waals surface area contributed by atoms with Gasteiger partial charge < -0.3 is 19.4 Å². The molecule has 2 rings (SSSR count). The molecule has 1 aromatic carbocycles. The van der Waals surface area contributed by atoms with Crippen molar-refractivity contribution < 1.29 is 13.9 Å². The lowest BCUT2D eigenvalue weighted by atomic mass is 10.2. The van der Waals surface area contributed by atoms with Crippen molar-refractivity contribution in [3.8, 4) is 11.8 Å². The van der Waals surface area contributed by atoms with Crippen LogP contribution in [0.2, 0.25) is 0 Å². The number of nitrogens with zero attached hydrogens (tertiary/aromatic N) is 2. The third-order valence-electron chi connectivity index (χ3n) is 3.75. The molecule has 0 aliphatic heterocycles. The molecule has 6 nitrogen and oxygen atoms in total. The fourth-order valence-corrected chi connectivity index (χ4v) is 1.97. The fourth-order valence-electron chi connectivity index (χ4n) is 1.97. The molecule has 0 spiro atoms. The van der Waals surface area contributed by atoms with Crippen molar-refractivity contribution in [2.24, 2.45) is 0 Å². The molecule has 1 atom stereocenters. The number of nitriles is 1. The van der Waals surface area contributed by atoms with Gasteiger partial charge in [-0.15, -0.1) is 0 Å². The van der Waals surface area contributed by atoms with E-state index in [0.717, 1.165) is 0 Å². The predicted molar refractivity (Wildman–Crippen MR) is 89.7 cm³/mol. The van der Waals surface area contributed by atoms with Gasteiger partial charge in [0, 0.05) is 18.2 Å². The highest BCUT2D eigenvalue weighted by Crippen LogP contribution is 2.17. The fraction of sp³-hybridized carbons (Fsp3) is 0.333. The number of hydrogen-bond acceptors (Lipinski definition) is 5. The van der Waals surface area contributed by atoms with Crippen LogP contribution in [-0.4, -0.2) is 37.5 Å². The van der Waals surface area contributed by atoms with Gasteiger partial charge >= 0.3 is 0 Å². The first-order valence-electron chi connectivity index (χ1n) is 7.65. The number of hydrogen-bond donors (Lipinski definition) is 1. The average Bonchev–Trinajstić information content (AvgIpc) is 3.06. The molecule has 0 bridgehead atoms. The molecule has 0 saturated carbocycles. The third-order valence-corrected chi connectivity index (χ3v) is 3.75. The SMILES string of the molecule is CC(CNC(=O)c1occc1COc1cccc(C#N)c1)N(C)C. The molecule has 0 fully saturated rings. The Morgan fingerprint density at radius 3 is 2.92 bits per heavy atom. The van der Waals surface area contributed by atoms with Gasteiger partial charge in [-0.2, -0.15) is 5.26 Å². The minimum atomic E-state index is -0.266. The number of furan rings is 1. The van der Waals surface area contributed by atoms with Crippen molar-refractivity contribution in [2.75, 3.05) is 20.6 Å². The summed E-state index contributed by atoms with van der Waals surface area (Å²) in [5.74, 6) is 0.554. The maximum Gasteiger partial charge on any atom is 0.287 e. The number of ether oxygens (including phenoxy) is 1. The molecule has 1 unspecified atom stereocenters. The molecule has 0 aliphatic rings. The zero-order valence-electron chi connectivity index (χ0n) is 14.1. The molecule has 1 aromatic heterocycles. The van der Waals surface area contributed by atoms with E-state index in [2.05, 4.69) is 11.4 Å². The van der Waals surface area contributed by atoms with Crippen LogP contribution in [0, 0.1) is 11.3 Å². The van der Waals surface area contributed by atoms with E-state index in [4.69, 9.17) is 14.4 Å². The van der Waals surface area contributed by atoms with Gasteiger partial charge in [-0.1, -0.05) is 6.07 Å². The average molecular weight is 327 g/mol. The Labute approximate surface area is 141 Å². The minimum absolute atomic E-state index is 0.192. The van der Waals surface area contributed by atoms with E-state index in [9.17, 15) is 4.79 Å². The molecule has 126 valence electrons. The van der Waals surface area contributed by atoms with Crippen molar-refractivity contribution in [2.45, 2.75) is 19.6 Å². The molecule has 0 saturated heterocycles. The van der Waals surface area contributed by atoms with E-state index in [-0.39, 0.29) is 24.3 Å². The normalized spacial score (nSPS) is 11.8. The maximum atomic E-state index is 12.2. The lowest BCUT2D eigenvalue weighted by Gasteiger charge is -2.19. The molecule has 1 heterocycles. The summed E-state index contributed by atoms with van der Waals surface area (Å²) in [5, 5.41) is 11.7. The monoisotopic (exact) mass is 327 g/mol. The summed E-state index contributed by atoms with van der Waals surface area (Å²) < 4.78 is 10.9. The van der Waals surface area contributed by atoms with Gasteiger partial charge in [-0.3, -0.25) is 4.79 Å². The van der Waals surface area contributed by atoms with Crippen molar-refractivity contribution in [1.82, 2.24) is 10.2 Å². The first kappa shape index (κ1) is 17.6. The first-order valence-corrected chi connectivity index (χ1v) is 7.65. The number of likely N-dealkylation sites (N-methyl/N-ethyl adjacent to an activating group) is 1. The smallest absolute Gasteiger partial charge is 0.287 e. The predicted octanol–water partition coefficient (Wildman–Crippen LogP) is 2.41. The molecule has 6 heteroatoms. The van der Waals surface area contributed by atoms with Gasteiger partial charge in [0.2, 0.25) is 0 Å². The minimum Gasteiger partial charge on any atom is -0.489 e. The van der Waals surface area contributed by atoms with Crippen LogP contribution in [0.3, 0.4) is 0 Å². The highest BCUT2D eigenvalue weighted by atomic mass is 16.5. The Hall–Kier alpha value is -2.78. The Bertz CT molecular complexity index is 731. The number of carbonyl (C=O) groups is 1. The zero-order valence-corrected chi connectivity index (χ0v) is 14.1. The second kappa shape index (κ2) is 8.18. The summed E-state index contributed by atoms with van der Waals surface area (Å²) in [5.41, 5.74) is 1.18. The molecule has 1 amide bonds. The molecule has 24 heavy (non-hydrogen) atoms. The number of rotatable bonds is 7. The summed E-state index contributed by atoms with van der Waals surface area (Å²) >= 11 is 0.